The molecular weight excluding hydrogens is 238 g/mol. The van der Waals surface area contributed by atoms with Crippen LogP contribution in [0.25, 0.3) is 0 Å². The van der Waals surface area contributed by atoms with Gasteiger partial charge in [0.1, 0.15) is 17.1 Å². The van der Waals surface area contributed by atoms with Crippen molar-refractivity contribution >= 4 is 0 Å². The van der Waals surface area contributed by atoms with E-state index in [9.17, 15) is 0 Å². The summed E-state index contributed by atoms with van der Waals surface area (Å²) in [5.74, 6) is 2.56. The second kappa shape index (κ2) is 4.71. The third kappa shape index (κ3) is 2.44. The molecule has 0 aromatic heterocycles. The van der Waals surface area contributed by atoms with E-state index in [1.165, 1.54) is 19.3 Å². The van der Waals surface area contributed by atoms with Gasteiger partial charge in [-0.15, -0.1) is 0 Å². The van der Waals surface area contributed by atoms with Crippen molar-refractivity contribution in [3.8, 4) is 11.5 Å². The first-order valence-corrected chi connectivity index (χ1v) is 7.22. The van der Waals surface area contributed by atoms with Crippen LogP contribution in [0.4, 0.5) is 0 Å². The van der Waals surface area contributed by atoms with E-state index in [0.29, 0.717) is 0 Å². The Balaban J connectivity index is 1.84. The Morgan fingerprint density at radius 3 is 2.84 bits per heavy atom. The summed E-state index contributed by atoms with van der Waals surface area (Å²) in [7, 11) is 1.68. The summed E-state index contributed by atoms with van der Waals surface area (Å²) in [6.07, 6.45) is 6.09. The van der Waals surface area contributed by atoms with E-state index >= 15 is 0 Å². The summed E-state index contributed by atoms with van der Waals surface area (Å²) in [6.45, 7) is 2.20. The van der Waals surface area contributed by atoms with Gasteiger partial charge in [-0.25, -0.2) is 0 Å². The van der Waals surface area contributed by atoms with Gasteiger partial charge in [-0.1, -0.05) is 25.3 Å². The highest BCUT2D eigenvalue weighted by Gasteiger charge is 2.39. The number of methoxy groups -OCH3 is 1. The first-order chi connectivity index (χ1) is 9.09. The summed E-state index contributed by atoms with van der Waals surface area (Å²) < 4.78 is 11.6. The van der Waals surface area contributed by atoms with Gasteiger partial charge in [0, 0.05) is 24.1 Å². The third-order valence-electron chi connectivity index (χ3n) is 4.57. The topological polar surface area (TPSA) is 44.5 Å². The predicted octanol–water partition coefficient (Wildman–Crippen LogP) is 3.43. The van der Waals surface area contributed by atoms with Crippen LogP contribution in [0.3, 0.4) is 0 Å². The van der Waals surface area contributed by atoms with Gasteiger partial charge in [0.15, 0.2) is 0 Å². The molecule has 2 atom stereocenters. The summed E-state index contributed by atoms with van der Waals surface area (Å²) >= 11 is 0. The molecule has 0 radical (unpaired) electrons. The predicted molar refractivity (Wildman–Crippen MR) is 75.5 cm³/mol. The fraction of sp³-hybridized carbons (Fsp3) is 0.625. The standard InChI is InChI=1S/C16H23NO2/c1-16(9-11-4-3-5-11)10-14(17)13-7-6-12(18-2)8-15(13)19-16/h6-8,11,14H,3-5,9-10,17H2,1-2H3. The summed E-state index contributed by atoms with van der Waals surface area (Å²) in [4.78, 5) is 0. The maximum Gasteiger partial charge on any atom is 0.128 e. The maximum atomic E-state index is 6.33. The SMILES string of the molecule is COc1ccc2c(c1)OC(C)(CC1CCC1)CC2N. The van der Waals surface area contributed by atoms with Crippen LogP contribution < -0.4 is 15.2 Å². The molecule has 0 amide bonds. The fourth-order valence-electron chi connectivity index (χ4n) is 3.35. The highest BCUT2D eigenvalue weighted by Crippen LogP contribution is 2.45. The van der Waals surface area contributed by atoms with Crippen LogP contribution in [0.2, 0.25) is 0 Å². The monoisotopic (exact) mass is 261 g/mol. The lowest BCUT2D eigenvalue weighted by Crippen LogP contribution is -2.42. The van der Waals surface area contributed by atoms with Crippen molar-refractivity contribution in [2.75, 3.05) is 7.11 Å². The normalized spacial score (nSPS) is 30.2. The van der Waals surface area contributed by atoms with Gasteiger partial charge in [-0.05, 0) is 25.3 Å². The van der Waals surface area contributed by atoms with Crippen LogP contribution in [0.5, 0.6) is 11.5 Å². The first kappa shape index (κ1) is 12.8. The molecule has 0 spiro atoms. The van der Waals surface area contributed by atoms with E-state index in [0.717, 1.165) is 35.8 Å². The summed E-state index contributed by atoms with van der Waals surface area (Å²) in [5, 5.41) is 0. The van der Waals surface area contributed by atoms with E-state index in [-0.39, 0.29) is 11.6 Å². The Bertz CT molecular complexity index is 470. The lowest BCUT2D eigenvalue weighted by atomic mass is 9.74. The van der Waals surface area contributed by atoms with Crippen molar-refractivity contribution < 1.29 is 9.47 Å². The van der Waals surface area contributed by atoms with Crippen molar-refractivity contribution in [2.45, 2.75) is 50.7 Å². The van der Waals surface area contributed by atoms with Gasteiger partial charge in [0.05, 0.1) is 7.11 Å². The van der Waals surface area contributed by atoms with Crippen molar-refractivity contribution in [3.63, 3.8) is 0 Å². The van der Waals surface area contributed by atoms with Crippen molar-refractivity contribution in [1.29, 1.82) is 0 Å². The number of benzene rings is 1. The number of ether oxygens (including phenoxy) is 2. The molecular formula is C16H23NO2. The van der Waals surface area contributed by atoms with Gasteiger partial charge in [-0.2, -0.15) is 0 Å². The zero-order valence-electron chi connectivity index (χ0n) is 11.8. The third-order valence-corrected chi connectivity index (χ3v) is 4.57. The van der Waals surface area contributed by atoms with Crippen LogP contribution in [-0.4, -0.2) is 12.7 Å². The molecule has 3 nitrogen and oxygen atoms in total. The van der Waals surface area contributed by atoms with Crippen molar-refractivity contribution in [1.82, 2.24) is 0 Å². The minimum absolute atomic E-state index is 0.0692. The number of nitrogens with two attached hydrogens (primary N) is 1. The zero-order valence-corrected chi connectivity index (χ0v) is 11.8. The number of rotatable bonds is 3. The fourth-order valence-corrected chi connectivity index (χ4v) is 3.35. The van der Waals surface area contributed by atoms with E-state index in [4.69, 9.17) is 15.2 Å². The van der Waals surface area contributed by atoms with Gasteiger partial charge in [-0.3, -0.25) is 0 Å². The minimum Gasteiger partial charge on any atom is -0.497 e. The zero-order chi connectivity index (χ0) is 13.5. The van der Waals surface area contributed by atoms with Crippen LogP contribution in [0.1, 0.15) is 50.6 Å². The molecule has 1 aliphatic heterocycles. The molecule has 0 bridgehead atoms. The smallest absolute Gasteiger partial charge is 0.128 e. The van der Waals surface area contributed by atoms with Gasteiger partial charge < -0.3 is 15.2 Å². The quantitative estimate of drug-likeness (QED) is 0.906. The Kier molecular flexibility index (Phi) is 3.17. The van der Waals surface area contributed by atoms with E-state index < -0.39 is 0 Å². The van der Waals surface area contributed by atoms with Crippen LogP contribution in [0, 0.1) is 5.92 Å². The van der Waals surface area contributed by atoms with Crippen LogP contribution in [-0.2, 0) is 0 Å². The number of hydrogen-bond donors (Lipinski definition) is 1. The number of fused-ring (bicyclic) bond motifs is 1. The molecule has 2 N–H and O–H groups in total. The van der Waals surface area contributed by atoms with Gasteiger partial charge >= 0.3 is 0 Å². The summed E-state index contributed by atoms with van der Waals surface area (Å²) in [6, 6.07) is 6.02. The molecule has 0 saturated heterocycles. The molecule has 2 aliphatic rings. The van der Waals surface area contributed by atoms with Gasteiger partial charge in [0.25, 0.3) is 0 Å². The molecule has 1 heterocycles. The molecule has 3 heteroatoms. The maximum absolute atomic E-state index is 6.33. The average Bonchev–Trinajstić information content (AvgIpc) is 2.33. The highest BCUT2D eigenvalue weighted by atomic mass is 16.5. The van der Waals surface area contributed by atoms with E-state index in [1.807, 2.05) is 18.2 Å². The lowest BCUT2D eigenvalue weighted by Gasteiger charge is -2.42. The van der Waals surface area contributed by atoms with Gasteiger partial charge in [0.2, 0.25) is 0 Å². The Morgan fingerprint density at radius 2 is 2.21 bits per heavy atom. The second-order valence-corrected chi connectivity index (χ2v) is 6.27. The molecule has 2 unspecified atom stereocenters. The average molecular weight is 261 g/mol. The minimum atomic E-state index is -0.121. The van der Waals surface area contributed by atoms with Crippen molar-refractivity contribution in [3.05, 3.63) is 23.8 Å². The van der Waals surface area contributed by atoms with Crippen LogP contribution >= 0.6 is 0 Å². The second-order valence-electron chi connectivity index (χ2n) is 6.27. The molecule has 1 fully saturated rings. The number of hydrogen-bond acceptors (Lipinski definition) is 3. The Morgan fingerprint density at radius 1 is 1.42 bits per heavy atom. The molecule has 1 aliphatic carbocycles. The molecule has 3 rings (SSSR count). The Labute approximate surface area is 115 Å². The molecule has 1 aromatic carbocycles. The first-order valence-electron chi connectivity index (χ1n) is 7.22. The highest BCUT2D eigenvalue weighted by molar-refractivity contribution is 5.44. The molecule has 1 saturated carbocycles. The largest absolute Gasteiger partial charge is 0.497 e. The lowest BCUT2D eigenvalue weighted by molar-refractivity contribution is 0.0169. The molecule has 19 heavy (non-hydrogen) atoms. The summed E-state index contributed by atoms with van der Waals surface area (Å²) in [5.41, 5.74) is 7.31. The van der Waals surface area contributed by atoms with E-state index in [1.54, 1.807) is 7.11 Å². The van der Waals surface area contributed by atoms with E-state index in [2.05, 4.69) is 6.92 Å². The molecule has 1 aromatic rings. The van der Waals surface area contributed by atoms with Crippen molar-refractivity contribution in [2.24, 2.45) is 11.7 Å². The van der Waals surface area contributed by atoms with Crippen LogP contribution in [0.15, 0.2) is 18.2 Å². The Hall–Kier alpha value is -1.22. The molecule has 104 valence electrons.